The molecule has 1 saturated carbocycles. The maximum absolute atomic E-state index is 13.1. The summed E-state index contributed by atoms with van der Waals surface area (Å²) in [6.07, 6.45) is 5.93. The molecule has 0 radical (unpaired) electrons. The Balaban J connectivity index is 1.92. The third-order valence-corrected chi connectivity index (χ3v) is 3.40. The van der Waals surface area contributed by atoms with Crippen LogP contribution in [0.25, 0.3) is 0 Å². The van der Waals surface area contributed by atoms with Crippen LogP contribution in [0.4, 0.5) is 10.2 Å². The van der Waals surface area contributed by atoms with Crippen molar-refractivity contribution in [3.8, 4) is 0 Å². The average Bonchev–Trinajstić information content (AvgIpc) is 2.32. The van der Waals surface area contributed by atoms with Crippen LogP contribution in [0, 0.1) is 11.7 Å². The van der Waals surface area contributed by atoms with Gasteiger partial charge in [-0.25, -0.2) is 9.37 Å². The highest BCUT2D eigenvalue weighted by molar-refractivity contribution is 5.98. The molecule has 1 aromatic rings. The lowest BCUT2D eigenvalue weighted by Crippen LogP contribution is -2.28. The molecular weight excluding hydrogens is 233 g/mol. The largest absolute Gasteiger partial charge is 0.372 e. The van der Waals surface area contributed by atoms with Gasteiger partial charge < -0.3 is 10.6 Å². The summed E-state index contributed by atoms with van der Waals surface area (Å²) < 4.78 is 13.1. The monoisotopic (exact) mass is 251 g/mol. The Morgan fingerprint density at radius 3 is 2.94 bits per heavy atom. The maximum atomic E-state index is 13.1. The van der Waals surface area contributed by atoms with Gasteiger partial charge in [0.05, 0.1) is 11.8 Å². The standard InChI is InChI=1S/C13H18FN3O/c1-15-12-11(7-10(14)8-17-12)13(18)16-6-5-9-3-2-4-9/h7-9H,2-6H2,1H3,(H,15,17)(H,16,18). The Kier molecular flexibility index (Phi) is 4.12. The van der Waals surface area contributed by atoms with Crippen LogP contribution in [0.2, 0.25) is 0 Å². The molecule has 1 aliphatic rings. The Morgan fingerprint density at radius 1 is 1.56 bits per heavy atom. The molecule has 0 aliphatic heterocycles. The SMILES string of the molecule is CNc1ncc(F)cc1C(=O)NCCC1CCC1. The van der Waals surface area contributed by atoms with Crippen LogP contribution in [0.3, 0.4) is 0 Å². The molecule has 0 saturated heterocycles. The number of carbonyl (C=O) groups excluding carboxylic acids is 1. The van der Waals surface area contributed by atoms with Gasteiger partial charge in [0.2, 0.25) is 0 Å². The van der Waals surface area contributed by atoms with Crippen LogP contribution >= 0.6 is 0 Å². The molecule has 1 aromatic heterocycles. The Bertz CT molecular complexity index is 432. The van der Waals surface area contributed by atoms with Gasteiger partial charge in [-0.05, 0) is 18.4 Å². The van der Waals surface area contributed by atoms with Crippen molar-refractivity contribution in [3.63, 3.8) is 0 Å². The van der Waals surface area contributed by atoms with E-state index < -0.39 is 5.82 Å². The molecule has 2 N–H and O–H groups in total. The van der Waals surface area contributed by atoms with Crippen LogP contribution < -0.4 is 10.6 Å². The predicted octanol–water partition coefficient (Wildman–Crippen LogP) is 2.18. The molecule has 0 unspecified atom stereocenters. The minimum atomic E-state index is -0.502. The number of hydrogen-bond acceptors (Lipinski definition) is 3. The number of pyridine rings is 1. The van der Waals surface area contributed by atoms with Crippen molar-refractivity contribution < 1.29 is 9.18 Å². The summed E-state index contributed by atoms with van der Waals surface area (Å²) in [6, 6.07) is 1.21. The first kappa shape index (κ1) is 12.8. The van der Waals surface area contributed by atoms with E-state index in [2.05, 4.69) is 15.6 Å². The van der Waals surface area contributed by atoms with Gasteiger partial charge in [-0.15, -0.1) is 0 Å². The Labute approximate surface area is 106 Å². The molecule has 0 atom stereocenters. The smallest absolute Gasteiger partial charge is 0.255 e. The lowest BCUT2D eigenvalue weighted by molar-refractivity contribution is 0.0949. The molecular formula is C13H18FN3O. The van der Waals surface area contributed by atoms with Crippen molar-refractivity contribution in [1.82, 2.24) is 10.3 Å². The zero-order valence-electron chi connectivity index (χ0n) is 10.5. The predicted molar refractivity (Wildman–Crippen MR) is 68.0 cm³/mol. The van der Waals surface area contributed by atoms with Gasteiger partial charge in [0.15, 0.2) is 0 Å². The molecule has 18 heavy (non-hydrogen) atoms. The van der Waals surface area contributed by atoms with Gasteiger partial charge in [-0.1, -0.05) is 19.3 Å². The number of amides is 1. The van der Waals surface area contributed by atoms with Gasteiger partial charge in [0.1, 0.15) is 11.6 Å². The zero-order valence-corrected chi connectivity index (χ0v) is 10.5. The molecule has 4 nitrogen and oxygen atoms in total. The molecule has 0 spiro atoms. The van der Waals surface area contributed by atoms with Crippen LogP contribution in [0.15, 0.2) is 12.3 Å². The number of hydrogen-bond donors (Lipinski definition) is 2. The third-order valence-electron chi connectivity index (χ3n) is 3.40. The maximum Gasteiger partial charge on any atom is 0.255 e. The highest BCUT2D eigenvalue weighted by atomic mass is 19.1. The first-order valence-corrected chi connectivity index (χ1v) is 6.32. The van der Waals surface area contributed by atoms with Crippen LogP contribution in [-0.2, 0) is 0 Å². The van der Waals surface area contributed by atoms with E-state index in [0.29, 0.717) is 12.4 Å². The molecule has 2 rings (SSSR count). The number of rotatable bonds is 5. The van der Waals surface area contributed by atoms with Gasteiger partial charge in [0, 0.05) is 13.6 Å². The summed E-state index contributed by atoms with van der Waals surface area (Å²) in [5.41, 5.74) is 0.256. The van der Waals surface area contributed by atoms with E-state index in [0.717, 1.165) is 18.5 Å². The second kappa shape index (κ2) is 5.80. The summed E-state index contributed by atoms with van der Waals surface area (Å²) in [4.78, 5) is 15.7. The van der Waals surface area contributed by atoms with Gasteiger partial charge in [-0.3, -0.25) is 4.79 Å². The van der Waals surface area contributed by atoms with E-state index in [4.69, 9.17) is 0 Å². The van der Waals surface area contributed by atoms with Gasteiger partial charge >= 0.3 is 0 Å². The van der Waals surface area contributed by atoms with Gasteiger partial charge in [-0.2, -0.15) is 0 Å². The fourth-order valence-corrected chi connectivity index (χ4v) is 2.08. The number of aromatic nitrogens is 1. The second-order valence-electron chi connectivity index (χ2n) is 4.64. The number of anilines is 1. The molecule has 98 valence electrons. The lowest BCUT2D eigenvalue weighted by Gasteiger charge is -2.25. The Hall–Kier alpha value is -1.65. The fraction of sp³-hybridized carbons (Fsp3) is 0.538. The summed E-state index contributed by atoms with van der Waals surface area (Å²) in [5.74, 6) is 0.376. The van der Waals surface area contributed by atoms with Crippen LogP contribution in [-0.4, -0.2) is 24.5 Å². The topological polar surface area (TPSA) is 54.0 Å². The quantitative estimate of drug-likeness (QED) is 0.843. The van der Waals surface area contributed by atoms with Crippen molar-refractivity contribution in [2.24, 2.45) is 5.92 Å². The number of nitrogens with one attached hydrogen (secondary N) is 2. The summed E-state index contributed by atoms with van der Waals surface area (Å²) in [7, 11) is 1.66. The molecule has 1 aliphatic carbocycles. The lowest BCUT2D eigenvalue weighted by atomic mass is 9.83. The van der Waals surface area contributed by atoms with Crippen molar-refractivity contribution >= 4 is 11.7 Å². The van der Waals surface area contributed by atoms with Crippen LogP contribution in [0.5, 0.6) is 0 Å². The third kappa shape index (κ3) is 2.97. The Morgan fingerprint density at radius 2 is 2.33 bits per heavy atom. The normalized spacial score (nSPS) is 15.0. The van der Waals surface area contributed by atoms with Crippen molar-refractivity contribution in [2.45, 2.75) is 25.7 Å². The second-order valence-corrected chi connectivity index (χ2v) is 4.64. The summed E-state index contributed by atoms with van der Waals surface area (Å²) in [6.45, 7) is 0.642. The molecule has 1 amide bonds. The van der Waals surface area contributed by atoms with E-state index in [1.807, 2.05) is 0 Å². The molecule has 0 aromatic carbocycles. The van der Waals surface area contributed by atoms with Crippen LogP contribution in [0.1, 0.15) is 36.0 Å². The molecule has 5 heteroatoms. The number of nitrogens with zero attached hydrogens (tertiary/aromatic N) is 1. The summed E-state index contributed by atoms with van der Waals surface area (Å²) >= 11 is 0. The van der Waals surface area contributed by atoms with Crippen molar-refractivity contribution in [3.05, 3.63) is 23.6 Å². The van der Waals surface area contributed by atoms with E-state index in [-0.39, 0.29) is 11.5 Å². The van der Waals surface area contributed by atoms with E-state index >= 15 is 0 Å². The van der Waals surface area contributed by atoms with E-state index in [1.165, 1.54) is 25.3 Å². The van der Waals surface area contributed by atoms with E-state index in [9.17, 15) is 9.18 Å². The van der Waals surface area contributed by atoms with Gasteiger partial charge in [0.25, 0.3) is 5.91 Å². The fourth-order valence-electron chi connectivity index (χ4n) is 2.08. The summed E-state index contributed by atoms with van der Waals surface area (Å²) in [5, 5.41) is 5.60. The highest BCUT2D eigenvalue weighted by Gasteiger charge is 2.18. The minimum absolute atomic E-state index is 0.256. The first-order chi connectivity index (χ1) is 8.70. The van der Waals surface area contributed by atoms with Crippen molar-refractivity contribution in [2.75, 3.05) is 18.9 Å². The first-order valence-electron chi connectivity index (χ1n) is 6.32. The van der Waals surface area contributed by atoms with E-state index in [1.54, 1.807) is 7.05 Å². The minimum Gasteiger partial charge on any atom is -0.372 e. The number of halogens is 1. The molecule has 1 heterocycles. The molecule has 1 fully saturated rings. The highest BCUT2D eigenvalue weighted by Crippen LogP contribution is 2.28. The zero-order chi connectivity index (χ0) is 13.0. The van der Waals surface area contributed by atoms with Crippen molar-refractivity contribution in [1.29, 1.82) is 0 Å². The average molecular weight is 251 g/mol. The molecule has 0 bridgehead atoms. The number of carbonyl (C=O) groups is 1.